The first-order chi connectivity index (χ1) is 10.1. The summed E-state index contributed by atoms with van der Waals surface area (Å²) in [5, 5.41) is 11.2. The van der Waals surface area contributed by atoms with E-state index < -0.39 is 14.9 Å². The van der Waals surface area contributed by atoms with Crippen LogP contribution in [0.1, 0.15) is 25.8 Å². The van der Waals surface area contributed by atoms with E-state index in [-0.39, 0.29) is 35.1 Å². The maximum Gasteiger partial charge on any atom is 0.289 e. The summed E-state index contributed by atoms with van der Waals surface area (Å²) in [6.07, 6.45) is 0.534. The van der Waals surface area contributed by atoms with Crippen LogP contribution in [0.2, 0.25) is 0 Å². The van der Waals surface area contributed by atoms with E-state index in [1.54, 1.807) is 13.0 Å². The highest BCUT2D eigenvalue weighted by molar-refractivity contribution is 7.89. The fourth-order valence-electron chi connectivity index (χ4n) is 2.78. The average molecular weight is 327 g/mol. The van der Waals surface area contributed by atoms with Crippen molar-refractivity contribution in [2.75, 3.05) is 13.1 Å². The van der Waals surface area contributed by atoms with Gasteiger partial charge in [0.25, 0.3) is 5.69 Å². The zero-order valence-corrected chi connectivity index (χ0v) is 13.8. The molecule has 0 aliphatic carbocycles. The lowest BCUT2D eigenvalue weighted by molar-refractivity contribution is -0.387. The van der Waals surface area contributed by atoms with Crippen LogP contribution in [0.25, 0.3) is 0 Å². The minimum atomic E-state index is -3.93. The number of benzene rings is 1. The molecule has 8 heteroatoms. The first-order valence-corrected chi connectivity index (χ1v) is 8.51. The maximum atomic E-state index is 12.9. The Kier molecular flexibility index (Phi) is 4.29. The number of nitrogens with zero attached hydrogens (tertiary/aromatic N) is 2. The van der Waals surface area contributed by atoms with Crippen molar-refractivity contribution in [2.24, 2.45) is 11.1 Å². The standard InChI is InChI=1S/C14H21N3O4S/c1-10-5-4-6-11(17(18)19)13(10)22(20,21)16-8-7-12(15)14(2,3)9-16/h4-6,12H,7-9,15H2,1-3H3. The minimum Gasteiger partial charge on any atom is -0.327 e. The Bertz CT molecular complexity index is 700. The highest BCUT2D eigenvalue weighted by Crippen LogP contribution is 2.35. The van der Waals surface area contributed by atoms with Gasteiger partial charge in [0.1, 0.15) is 0 Å². The number of nitro benzene ring substituents is 1. The molecule has 2 rings (SSSR count). The Balaban J connectivity index is 2.51. The van der Waals surface area contributed by atoms with Crippen molar-refractivity contribution >= 4 is 15.7 Å². The summed E-state index contributed by atoms with van der Waals surface area (Å²) in [6, 6.07) is 4.19. The number of nitro groups is 1. The molecule has 22 heavy (non-hydrogen) atoms. The Morgan fingerprint density at radius 2 is 2.05 bits per heavy atom. The predicted molar refractivity (Wildman–Crippen MR) is 83.0 cm³/mol. The summed E-state index contributed by atoms with van der Waals surface area (Å²) in [6.45, 7) is 5.92. The number of rotatable bonds is 3. The molecule has 1 aromatic rings. The summed E-state index contributed by atoms with van der Waals surface area (Å²) in [4.78, 5) is 10.3. The molecular weight excluding hydrogens is 306 g/mol. The van der Waals surface area contributed by atoms with E-state index in [1.165, 1.54) is 16.4 Å². The molecule has 0 radical (unpaired) electrons. The van der Waals surface area contributed by atoms with Gasteiger partial charge in [-0.25, -0.2) is 8.42 Å². The van der Waals surface area contributed by atoms with Crippen LogP contribution < -0.4 is 5.73 Å². The molecule has 1 aliphatic rings. The summed E-state index contributed by atoms with van der Waals surface area (Å²) < 4.78 is 27.1. The molecule has 2 N–H and O–H groups in total. The molecule has 0 bridgehead atoms. The normalized spacial score (nSPS) is 22.5. The van der Waals surface area contributed by atoms with Gasteiger partial charge in [0, 0.05) is 25.2 Å². The van der Waals surface area contributed by atoms with E-state index in [0.717, 1.165) is 0 Å². The highest BCUT2D eigenvalue weighted by atomic mass is 32.2. The first kappa shape index (κ1) is 16.9. The number of nitrogens with two attached hydrogens (primary N) is 1. The zero-order chi connectivity index (χ0) is 16.7. The van der Waals surface area contributed by atoms with Crippen LogP contribution in [0.3, 0.4) is 0 Å². The Hall–Kier alpha value is -1.51. The molecule has 0 aromatic heterocycles. The molecule has 1 heterocycles. The van der Waals surface area contributed by atoms with Crippen LogP contribution in [0.4, 0.5) is 5.69 Å². The van der Waals surface area contributed by atoms with Crippen LogP contribution in [-0.4, -0.2) is 36.8 Å². The lowest BCUT2D eigenvalue weighted by Crippen LogP contribution is -2.53. The second kappa shape index (κ2) is 5.60. The van der Waals surface area contributed by atoms with Gasteiger partial charge in [-0.15, -0.1) is 0 Å². The van der Waals surface area contributed by atoms with E-state index in [4.69, 9.17) is 5.73 Å². The van der Waals surface area contributed by atoms with E-state index in [1.807, 2.05) is 13.8 Å². The van der Waals surface area contributed by atoms with Gasteiger partial charge in [-0.2, -0.15) is 4.31 Å². The average Bonchev–Trinajstić information content (AvgIpc) is 2.40. The summed E-state index contributed by atoms with van der Waals surface area (Å²) in [5.74, 6) is 0. The van der Waals surface area contributed by atoms with Crippen molar-refractivity contribution in [3.05, 3.63) is 33.9 Å². The van der Waals surface area contributed by atoms with E-state index in [9.17, 15) is 18.5 Å². The van der Waals surface area contributed by atoms with Gasteiger partial charge in [-0.1, -0.05) is 26.0 Å². The molecule has 1 fully saturated rings. The predicted octanol–water partition coefficient (Wildman–Crippen LogP) is 1.65. The number of hydrogen-bond acceptors (Lipinski definition) is 5. The molecule has 0 amide bonds. The van der Waals surface area contributed by atoms with Crippen molar-refractivity contribution in [2.45, 2.75) is 38.1 Å². The molecule has 122 valence electrons. The fraction of sp³-hybridized carbons (Fsp3) is 0.571. The topological polar surface area (TPSA) is 107 Å². The fourth-order valence-corrected chi connectivity index (χ4v) is 4.76. The molecule has 1 aliphatic heterocycles. The van der Waals surface area contributed by atoms with Crippen molar-refractivity contribution in [1.82, 2.24) is 4.31 Å². The van der Waals surface area contributed by atoms with E-state index >= 15 is 0 Å². The lowest BCUT2D eigenvalue weighted by Gasteiger charge is -2.41. The second-order valence-electron chi connectivity index (χ2n) is 6.40. The largest absolute Gasteiger partial charge is 0.327 e. The first-order valence-electron chi connectivity index (χ1n) is 7.07. The zero-order valence-electron chi connectivity index (χ0n) is 12.9. The van der Waals surface area contributed by atoms with Crippen LogP contribution >= 0.6 is 0 Å². The molecule has 0 saturated carbocycles. The number of piperidine rings is 1. The molecular formula is C14H21N3O4S. The summed E-state index contributed by atoms with van der Waals surface area (Å²) >= 11 is 0. The summed E-state index contributed by atoms with van der Waals surface area (Å²) in [5.41, 5.74) is 5.66. The van der Waals surface area contributed by atoms with E-state index in [0.29, 0.717) is 12.0 Å². The number of aryl methyl sites for hydroxylation is 1. The van der Waals surface area contributed by atoms with Gasteiger partial charge in [-0.3, -0.25) is 10.1 Å². The minimum absolute atomic E-state index is 0.0918. The number of sulfonamides is 1. The molecule has 1 saturated heterocycles. The van der Waals surface area contributed by atoms with E-state index in [2.05, 4.69) is 0 Å². The van der Waals surface area contributed by atoms with Crippen molar-refractivity contribution in [3.8, 4) is 0 Å². The highest BCUT2D eigenvalue weighted by Gasteiger charge is 2.41. The second-order valence-corrected chi connectivity index (χ2v) is 8.28. The third-order valence-corrected chi connectivity index (χ3v) is 6.30. The molecule has 1 unspecified atom stereocenters. The van der Waals surface area contributed by atoms with Gasteiger partial charge in [0.2, 0.25) is 10.0 Å². The lowest BCUT2D eigenvalue weighted by atomic mass is 9.81. The van der Waals surface area contributed by atoms with Gasteiger partial charge in [0.05, 0.1) is 4.92 Å². The molecule has 0 spiro atoms. The quantitative estimate of drug-likeness (QED) is 0.671. The monoisotopic (exact) mass is 327 g/mol. The molecule has 1 atom stereocenters. The Morgan fingerprint density at radius 1 is 1.41 bits per heavy atom. The van der Waals surface area contributed by atoms with Crippen molar-refractivity contribution in [1.29, 1.82) is 0 Å². The third kappa shape index (κ3) is 2.86. The van der Waals surface area contributed by atoms with Crippen molar-refractivity contribution < 1.29 is 13.3 Å². The van der Waals surface area contributed by atoms with Crippen LogP contribution in [-0.2, 0) is 10.0 Å². The SMILES string of the molecule is Cc1cccc([N+](=O)[O-])c1S(=O)(=O)N1CCC(N)C(C)(C)C1. The van der Waals surface area contributed by atoms with Crippen LogP contribution in [0.5, 0.6) is 0 Å². The maximum absolute atomic E-state index is 12.9. The molecule has 1 aromatic carbocycles. The van der Waals surface area contributed by atoms with Gasteiger partial charge >= 0.3 is 0 Å². The van der Waals surface area contributed by atoms with Crippen molar-refractivity contribution in [3.63, 3.8) is 0 Å². The van der Waals surface area contributed by atoms with Crippen LogP contribution in [0.15, 0.2) is 23.1 Å². The Labute approximate surface area is 130 Å². The van der Waals surface area contributed by atoms with Gasteiger partial charge in [-0.05, 0) is 24.3 Å². The smallest absolute Gasteiger partial charge is 0.289 e. The number of hydrogen-bond donors (Lipinski definition) is 1. The van der Waals surface area contributed by atoms with Gasteiger partial charge in [0.15, 0.2) is 4.90 Å². The van der Waals surface area contributed by atoms with Gasteiger partial charge < -0.3 is 5.73 Å². The Morgan fingerprint density at radius 3 is 2.59 bits per heavy atom. The molecule has 7 nitrogen and oxygen atoms in total. The third-order valence-electron chi connectivity index (χ3n) is 4.26. The van der Waals surface area contributed by atoms with Crippen LogP contribution in [0, 0.1) is 22.5 Å². The summed E-state index contributed by atoms with van der Waals surface area (Å²) in [7, 11) is -3.93.